The van der Waals surface area contributed by atoms with E-state index in [1.165, 1.54) is 0 Å². The van der Waals surface area contributed by atoms with E-state index in [1.807, 2.05) is 19.1 Å². The van der Waals surface area contributed by atoms with Crippen LogP contribution in [0, 0.1) is 12.8 Å². The maximum Gasteiger partial charge on any atom is 0.0864 e. The average molecular weight is 259 g/mol. The quantitative estimate of drug-likeness (QED) is 0.717. The zero-order valence-electron chi connectivity index (χ0n) is 9.38. The van der Waals surface area contributed by atoms with Crippen LogP contribution in [0.4, 0.5) is 0 Å². The van der Waals surface area contributed by atoms with Crippen molar-refractivity contribution in [2.75, 3.05) is 12.5 Å². The van der Waals surface area contributed by atoms with Gasteiger partial charge >= 0.3 is 0 Å². The van der Waals surface area contributed by atoms with Crippen molar-refractivity contribution in [1.29, 1.82) is 0 Å². The number of rotatable bonds is 2. The van der Waals surface area contributed by atoms with Crippen LogP contribution in [0.15, 0.2) is 18.2 Å². The van der Waals surface area contributed by atoms with Gasteiger partial charge in [-0.05, 0) is 37.0 Å². The Morgan fingerprint density at radius 1 is 1.44 bits per heavy atom. The van der Waals surface area contributed by atoms with E-state index < -0.39 is 0 Å². The van der Waals surface area contributed by atoms with E-state index in [2.05, 4.69) is 6.07 Å². The molecule has 1 aromatic carbocycles. The molecule has 0 amide bonds. The lowest BCUT2D eigenvalue weighted by molar-refractivity contribution is -0.0208. The summed E-state index contributed by atoms with van der Waals surface area (Å²) in [5, 5.41) is 0.806. The maximum atomic E-state index is 6.14. The van der Waals surface area contributed by atoms with Crippen LogP contribution in [0.3, 0.4) is 0 Å². The summed E-state index contributed by atoms with van der Waals surface area (Å²) in [4.78, 5) is 0. The van der Waals surface area contributed by atoms with Crippen molar-refractivity contribution in [3.8, 4) is 0 Å². The molecule has 1 aliphatic heterocycles. The van der Waals surface area contributed by atoms with E-state index in [-0.39, 0.29) is 6.10 Å². The Balaban J connectivity index is 2.23. The Kier molecular flexibility index (Phi) is 4.12. The zero-order valence-corrected chi connectivity index (χ0v) is 10.9. The Bertz CT molecular complexity index is 365. The molecule has 2 atom stereocenters. The summed E-state index contributed by atoms with van der Waals surface area (Å²) in [5.41, 5.74) is 2.25. The van der Waals surface area contributed by atoms with Gasteiger partial charge in [0.2, 0.25) is 0 Å². The van der Waals surface area contributed by atoms with Crippen molar-refractivity contribution in [3.63, 3.8) is 0 Å². The third kappa shape index (κ3) is 2.53. The summed E-state index contributed by atoms with van der Waals surface area (Å²) >= 11 is 12.1. The summed E-state index contributed by atoms with van der Waals surface area (Å²) in [5.74, 6) is 1.06. The molecule has 1 aliphatic rings. The minimum Gasteiger partial charge on any atom is -0.373 e. The first kappa shape index (κ1) is 12.2. The predicted molar refractivity (Wildman–Crippen MR) is 68.3 cm³/mol. The lowest BCUT2D eigenvalue weighted by atomic mass is 9.91. The molecule has 2 rings (SSSR count). The fraction of sp³-hybridized carbons (Fsp3) is 0.538. The number of ether oxygens (including phenoxy) is 1. The van der Waals surface area contributed by atoms with Gasteiger partial charge in [-0.1, -0.05) is 23.7 Å². The molecule has 1 aromatic rings. The van der Waals surface area contributed by atoms with E-state index in [0.29, 0.717) is 11.8 Å². The molecule has 0 bridgehead atoms. The van der Waals surface area contributed by atoms with Crippen LogP contribution in [0.2, 0.25) is 5.02 Å². The normalized spacial score (nSPS) is 25.7. The molecule has 1 heterocycles. The van der Waals surface area contributed by atoms with Gasteiger partial charge in [0.05, 0.1) is 6.10 Å². The highest BCUT2D eigenvalue weighted by atomic mass is 35.5. The smallest absolute Gasteiger partial charge is 0.0864 e. The van der Waals surface area contributed by atoms with Gasteiger partial charge in [0.1, 0.15) is 0 Å². The van der Waals surface area contributed by atoms with Crippen LogP contribution < -0.4 is 0 Å². The van der Waals surface area contributed by atoms with Crippen molar-refractivity contribution < 1.29 is 4.74 Å². The number of alkyl halides is 1. The van der Waals surface area contributed by atoms with Gasteiger partial charge in [0.15, 0.2) is 0 Å². The van der Waals surface area contributed by atoms with Crippen LogP contribution in [0.1, 0.15) is 30.1 Å². The molecule has 0 saturated carbocycles. The fourth-order valence-electron chi connectivity index (χ4n) is 2.16. The lowest BCUT2D eigenvalue weighted by Gasteiger charge is -2.31. The van der Waals surface area contributed by atoms with Crippen molar-refractivity contribution in [2.24, 2.45) is 5.92 Å². The number of benzene rings is 1. The summed E-state index contributed by atoms with van der Waals surface area (Å²) in [6.45, 7) is 2.83. The van der Waals surface area contributed by atoms with Crippen LogP contribution >= 0.6 is 23.2 Å². The van der Waals surface area contributed by atoms with Gasteiger partial charge in [-0.15, -0.1) is 11.6 Å². The van der Waals surface area contributed by atoms with Gasteiger partial charge in [-0.2, -0.15) is 0 Å². The second-order valence-electron chi connectivity index (χ2n) is 4.36. The standard InChI is InChI=1S/C13H16Cl2O/c1-9-4-5-10(7-12(9)15)13-11(8-14)3-2-6-16-13/h4-5,7,11,13H,2-3,6,8H2,1H3. The highest BCUT2D eigenvalue weighted by Gasteiger charge is 2.26. The minimum absolute atomic E-state index is 0.115. The summed E-state index contributed by atoms with van der Waals surface area (Å²) in [7, 11) is 0. The van der Waals surface area contributed by atoms with E-state index >= 15 is 0 Å². The molecule has 1 saturated heterocycles. The maximum absolute atomic E-state index is 6.14. The molecule has 0 radical (unpaired) electrons. The van der Waals surface area contributed by atoms with E-state index in [4.69, 9.17) is 27.9 Å². The molecule has 1 fully saturated rings. The summed E-state index contributed by atoms with van der Waals surface area (Å²) in [6, 6.07) is 6.14. The van der Waals surface area contributed by atoms with Crippen molar-refractivity contribution in [3.05, 3.63) is 34.3 Å². The second-order valence-corrected chi connectivity index (χ2v) is 5.07. The number of aryl methyl sites for hydroxylation is 1. The van der Waals surface area contributed by atoms with Gasteiger partial charge < -0.3 is 4.74 Å². The third-order valence-corrected chi connectivity index (χ3v) is 3.97. The molecule has 2 unspecified atom stereocenters. The number of halogens is 2. The lowest BCUT2D eigenvalue weighted by Crippen LogP contribution is -2.23. The predicted octanol–water partition coefficient (Wildman–Crippen LogP) is 4.35. The Morgan fingerprint density at radius 2 is 2.25 bits per heavy atom. The SMILES string of the molecule is Cc1ccc(C2OCCCC2CCl)cc1Cl. The highest BCUT2D eigenvalue weighted by Crippen LogP contribution is 2.35. The first-order valence-electron chi connectivity index (χ1n) is 5.66. The van der Waals surface area contributed by atoms with Gasteiger partial charge in [-0.3, -0.25) is 0 Å². The van der Waals surface area contributed by atoms with Crippen LogP contribution in [-0.4, -0.2) is 12.5 Å². The topological polar surface area (TPSA) is 9.23 Å². The molecule has 0 aromatic heterocycles. The number of hydrogen-bond donors (Lipinski definition) is 0. The highest BCUT2D eigenvalue weighted by molar-refractivity contribution is 6.31. The molecular weight excluding hydrogens is 243 g/mol. The van der Waals surface area contributed by atoms with Crippen LogP contribution in [-0.2, 0) is 4.74 Å². The van der Waals surface area contributed by atoms with Gasteiger partial charge in [0.25, 0.3) is 0 Å². The summed E-state index contributed by atoms with van der Waals surface area (Å²) in [6.07, 6.45) is 2.36. The van der Waals surface area contributed by atoms with Crippen molar-refractivity contribution >= 4 is 23.2 Å². The van der Waals surface area contributed by atoms with Gasteiger partial charge in [0, 0.05) is 23.4 Å². The molecule has 3 heteroatoms. The Morgan fingerprint density at radius 3 is 2.94 bits per heavy atom. The van der Waals surface area contributed by atoms with E-state index in [0.717, 1.165) is 35.6 Å². The molecular formula is C13H16Cl2O. The van der Waals surface area contributed by atoms with E-state index in [9.17, 15) is 0 Å². The molecule has 0 spiro atoms. The first-order valence-corrected chi connectivity index (χ1v) is 6.57. The van der Waals surface area contributed by atoms with Crippen molar-refractivity contribution in [1.82, 2.24) is 0 Å². The van der Waals surface area contributed by atoms with Gasteiger partial charge in [-0.25, -0.2) is 0 Å². The van der Waals surface area contributed by atoms with Crippen molar-refractivity contribution in [2.45, 2.75) is 25.9 Å². The third-order valence-electron chi connectivity index (χ3n) is 3.17. The number of hydrogen-bond acceptors (Lipinski definition) is 1. The van der Waals surface area contributed by atoms with E-state index in [1.54, 1.807) is 0 Å². The van der Waals surface area contributed by atoms with Crippen LogP contribution in [0.25, 0.3) is 0 Å². The minimum atomic E-state index is 0.115. The molecule has 88 valence electrons. The Hall–Kier alpha value is -0.240. The zero-order chi connectivity index (χ0) is 11.5. The average Bonchev–Trinajstić information content (AvgIpc) is 2.32. The second kappa shape index (κ2) is 5.39. The van der Waals surface area contributed by atoms with Crippen LogP contribution in [0.5, 0.6) is 0 Å². The molecule has 16 heavy (non-hydrogen) atoms. The Labute approximate surface area is 107 Å². The molecule has 0 aliphatic carbocycles. The fourth-order valence-corrected chi connectivity index (χ4v) is 2.66. The first-order chi connectivity index (χ1) is 7.72. The molecule has 0 N–H and O–H groups in total. The summed E-state index contributed by atoms with van der Waals surface area (Å²) < 4.78 is 5.82. The monoisotopic (exact) mass is 258 g/mol. The largest absolute Gasteiger partial charge is 0.373 e. The molecule has 1 nitrogen and oxygen atoms in total.